The van der Waals surface area contributed by atoms with Crippen LogP contribution in [0.5, 0.6) is 5.75 Å². The third-order valence-corrected chi connectivity index (χ3v) is 4.93. The molecule has 130 valence electrons. The topological polar surface area (TPSA) is 9.23 Å². The van der Waals surface area contributed by atoms with Crippen LogP contribution in [0.3, 0.4) is 0 Å². The summed E-state index contributed by atoms with van der Waals surface area (Å²) < 4.78 is 20.9. The summed E-state index contributed by atoms with van der Waals surface area (Å²) >= 11 is 9.87. The lowest BCUT2D eigenvalue weighted by atomic mass is 9.94. The first-order valence-corrected chi connectivity index (χ1v) is 9.70. The van der Waals surface area contributed by atoms with Gasteiger partial charge in [0.1, 0.15) is 5.75 Å². The minimum atomic E-state index is -1.24. The molecule has 0 aliphatic rings. The van der Waals surface area contributed by atoms with E-state index in [9.17, 15) is 0 Å². The zero-order chi connectivity index (χ0) is 17.7. The highest BCUT2D eigenvalue weighted by molar-refractivity contribution is 9.08. The van der Waals surface area contributed by atoms with E-state index in [1.165, 1.54) is 0 Å². The highest BCUT2D eigenvalue weighted by Crippen LogP contribution is 2.37. The maximum atomic E-state index is 15.2. The molecule has 24 heavy (non-hydrogen) atoms. The molecule has 0 fully saturated rings. The van der Waals surface area contributed by atoms with E-state index in [4.69, 9.17) is 16.3 Å². The molecule has 1 unspecified atom stereocenters. The lowest BCUT2D eigenvalue weighted by Gasteiger charge is -2.18. The molecule has 0 aliphatic carbocycles. The van der Waals surface area contributed by atoms with Crippen LogP contribution in [0.15, 0.2) is 36.4 Å². The molecule has 0 aliphatic heterocycles. The second-order valence-electron chi connectivity index (χ2n) is 6.24. The average Bonchev–Trinajstić information content (AvgIpc) is 2.59. The Kier molecular flexibility index (Phi) is 7.12. The van der Waals surface area contributed by atoms with Crippen LogP contribution in [-0.2, 0) is 11.8 Å². The van der Waals surface area contributed by atoms with Crippen molar-refractivity contribution < 1.29 is 9.13 Å². The molecule has 4 heteroatoms. The molecule has 0 N–H and O–H groups in total. The van der Waals surface area contributed by atoms with E-state index in [-0.39, 0.29) is 0 Å². The Morgan fingerprint density at radius 2 is 1.71 bits per heavy atom. The van der Waals surface area contributed by atoms with E-state index in [0.717, 1.165) is 23.3 Å². The van der Waals surface area contributed by atoms with Crippen molar-refractivity contribution in [3.63, 3.8) is 0 Å². The molecule has 1 atom stereocenters. The van der Waals surface area contributed by atoms with Gasteiger partial charge in [-0.15, -0.1) is 0 Å². The monoisotopic (exact) mass is 412 g/mol. The fourth-order valence-electron chi connectivity index (χ4n) is 2.53. The van der Waals surface area contributed by atoms with Crippen molar-refractivity contribution in [3.8, 4) is 5.75 Å². The van der Waals surface area contributed by atoms with Gasteiger partial charge >= 0.3 is 0 Å². The lowest BCUT2D eigenvalue weighted by molar-refractivity contribution is 0.271. The normalized spacial score (nSPS) is 12.5. The zero-order valence-corrected chi connectivity index (χ0v) is 16.6. The van der Waals surface area contributed by atoms with Crippen LogP contribution in [0.4, 0.5) is 4.39 Å². The van der Waals surface area contributed by atoms with Gasteiger partial charge in [0, 0.05) is 10.9 Å². The van der Waals surface area contributed by atoms with Crippen LogP contribution in [0.2, 0.25) is 5.02 Å². The van der Waals surface area contributed by atoms with Crippen molar-refractivity contribution in [3.05, 3.63) is 63.7 Å². The highest BCUT2D eigenvalue weighted by atomic mass is 79.9. The Bertz CT molecular complexity index is 670. The number of ether oxygens (including phenoxy) is 1. The number of hydrogen-bond acceptors (Lipinski definition) is 1. The van der Waals surface area contributed by atoms with Crippen molar-refractivity contribution in [2.45, 2.75) is 38.7 Å². The minimum Gasteiger partial charge on any atom is -0.493 e. The van der Waals surface area contributed by atoms with Crippen LogP contribution in [0.25, 0.3) is 0 Å². The number of halogens is 3. The molecule has 2 aromatic rings. The largest absolute Gasteiger partial charge is 0.493 e. The quantitative estimate of drug-likeness (QED) is 0.449. The van der Waals surface area contributed by atoms with E-state index >= 15 is 4.39 Å². The second kappa shape index (κ2) is 8.87. The van der Waals surface area contributed by atoms with Crippen molar-refractivity contribution in [2.24, 2.45) is 5.92 Å². The fraction of sp³-hybridized carbons (Fsp3) is 0.400. The van der Waals surface area contributed by atoms with Gasteiger partial charge in [0.15, 0.2) is 6.17 Å². The first-order chi connectivity index (χ1) is 11.5. The Hall–Kier alpha value is -1.06. The van der Waals surface area contributed by atoms with Crippen LogP contribution in [0.1, 0.15) is 49.2 Å². The van der Waals surface area contributed by atoms with E-state index in [1.807, 2.05) is 31.2 Å². The van der Waals surface area contributed by atoms with Crippen molar-refractivity contribution in [1.29, 1.82) is 0 Å². The van der Waals surface area contributed by atoms with E-state index < -0.39 is 6.17 Å². The first kappa shape index (κ1) is 19.3. The highest BCUT2D eigenvalue weighted by Gasteiger charge is 2.21. The van der Waals surface area contributed by atoms with Gasteiger partial charge in [-0.3, -0.25) is 0 Å². The van der Waals surface area contributed by atoms with Crippen molar-refractivity contribution in [1.82, 2.24) is 0 Å². The average molecular weight is 414 g/mol. The Morgan fingerprint density at radius 1 is 1.08 bits per heavy atom. The molecule has 2 aromatic carbocycles. The summed E-state index contributed by atoms with van der Waals surface area (Å²) in [6, 6.07) is 11.1. The number of alkyl halides is 2. The van der Waals surface area contributed by atoms with Gasteiger partial charge < -0.3 is 4.74 Å². The predicted molar refractivity (Wildman–Crippen MR) is 103 cm³/mol. The van der Waals surface area contributed by atoms with E-state index in [2.05, 4.69) is 29.8 Å². The smallest absolute Gasteiger partial charge is 0.152 e. The molecule has 0 heterocycles. The standard InChI is InChI=1S/C20H23BrClFO/c1-4-14-5-6-16(11-21)19(22)18(14)20(23)15-7-9-17(10-8-15)24-12-13(2)3/h5-10,13,20H,4,11-12H2,1-3H3. The molecular weight excluding hydrogens is 391 g/mol. The van der Waals surface area contributed by atoms with Crippen molar-refractivity contribution >= 4 is 27.5 Å². The molecule has 0 saturated carbocycles. The van der Waals surface area contributed by atoms with Gasteiger partial charge in [-0.2, -0.15) is 0 Å². The van der Waals surface area contributed by atoms with Crippen LogP contribution in [-0.4, -0.2) is 6.61 Å². The van der Waals surface area contributed by atoms with Gasteiger partial charge in [-0.05, 0) is 41.2 Å². The Balaban J connectivity index is 2.30. The number of rotatable bonds is 7. The molecule has 0 aromatic heterocycles. The number of aryl methyl sites for hydroxylation is 1. The SMILES string of the molecule is CCc1ccc(CBr)c(Cl)c1C(F)c1ccc(OCC(C)C)cc1. The Labute approximate surface area is 157 Å². The zero-order valence-electron chi connectivity index (χ0n) is 14.3. The summed E-state index contributed by atoms with van der Waals surface area (Å²) in [5.74, 6) is 1.21. The molecule has 0 saturated heterocycles. The summed E-state index contributed by atoms with van der Waals surface area (Å²) in [5, 5.41) is 1.12. The summed E-state index contributed by atoms with van der Waals surface area (Å²) in [6.45, 7) is 6.85. The second-order valence-corrected chi connectivity index (χ2v) is 7.17. The molecule has 0 spiro atoms. The van der Waals surface area contributed by atoms with E-state index in [0.29, 0.717) is 34.0 Å². The van der Waals surface area contributed by atoms with E-state index in [1.54, 1.807) is 12.1 Å². The maximum absolute atomic E-state index is 15.2. The summed E-state index contributed by atoms with van der Waals surface area (Å²) in [4.78, 5) is 0. The maximum Gasteiger partial charge on any atom is 0.152 e. The van der Waals surface area contributed by atoms with Crippen molar-refractivity contribution in [2.75, 3.05) is 6.61 Å². The number of hydrogen-bond donors (Lipinski definition) is 0. The fourth-order valence-corrected chi connectivity index (χ4v) is 3.50. The molecule has 0 amide bonds. The summed E-state index contributed by atoms with van der Waals surface area (Å²) in [5.41, 5.74) is 3.02. The van der Waals surface area contributed by atoms with Gasteiger partial charge in [0.25, 0.3) is 0 Å². The Morgan fingerprint density at radius 3 is 2.25 bits per heavy atom. The summed E-state index contributed by atoms with van der Waals surface area (Å²) in [6.07, 6.45) is -0.501. The third-order valence-electron chi connectivity index (χ3n) is 3.88. The molecule has 1 nitrogen and oxygen atoms in total. The van der Waals surface area contributed by atoms with Gasteiger partial charge in [0.05, 0.1) is 11.6 Å². The summed E-state index contributed by atoms with van der Waals surface area (Å²) in [7, 11) is 0. The number of benzene rings is 2. The third kappa shape index (κ3) is 4.52. The lowest BCUT2D eigenvalue weighted by Crippen LogP contribution is -2.05. The van der Waals surface area contributed by atoms with Gasteiger partial charge in [-0.1, -0.05) is 72.6 Å². The van der Waals surface area contributed by atoms with Crippen LogP contribution < -0.4 is 4.74 Å². The predicted octanol–water partition coefficient (Wildman–Crippen LogP) is 6.89. The van der Waals surface area contributed by atoms with Crippen LogP contribution in [0, 0.1) is 5.92 Å². The van der Waals surface area contributed by atoms with Gasteiger partial charge in [0.2, 0.25) is 0 Å². The van der Waals surface area contributed by atoms with Crippen LogP contribution >= 0.6 is 27.5 Å². The minimum absolute atomic E-state index is 0.455. The molecular formula is C20H23BrClFO. The molecule has 0 bridgehead atoms. The first-order valence-electron chi connectivity index (χ1n) is 8.20. The molecule has 0 radical (unpaired) electrons. The van der Waals surface area contributed by atoms with Gasteiger partial charge in [-0.25, -0.2) is 4.39 Å². The molecule has 2 rings (SSSR count).